The molecule has 0 radical (unpaired) electrons. The van der Waals surface area contributed by atoms with E-state index in [0.717, 1.165) is 5.56 Å². The molecule has 4 rings (SSSR count). The summed E-state index contributed by atoms with van der Waals surface area (Å²) < 4.78 is 21.7. The lowest BCUT2D eigenvalue weighted by atomic mass is 9.65. The van der Waals surface area contributed by atoms with E-state index in [1.54, 1.807) is 0 Å². The average Bonchev–Trinajstić information content (AvgIpc) is 3.44. The van der Waals surface area contributed by atoms with Gasteiger partial charge in [-0.2, -0.15) is 0 Å². The predicted molar refractivity (Wildman–Crippen MR) is 128 cm³/mol. The number of methoxy groups -OCH3 is 1. The maximum atomic E-state index is 13.6. The second kappa shape index (κ2) is 11.1. The molecule has 37 heavy (non-hydrogen) atoms. The first-order valence-electron chi connectivity index (χ1n) is 11.9. The van der Waals surface area contributed by atoms with Gasteiger partial charge in [0, 0.05) is 24.8 Å². The lowest BCUT2D eigenvalue weighted by Crippen LogP contribution is -2.63. The van der Waals surface area contributed by atoms with Crippen molar-refractivity contribution in [3.8, 4) is 0 Å². The van der Waals surface area contributed by atoms with Crippen LogP contribution in [0.15, 0.2) is 48.9 Å². The molecule has 2 aliphatic heterocycles. The molecule has 2 unspecified atom stereocenters. The SMILES string of the molecule is COC(=O)[C@@H]1O[B-]2(C(CC(C)C)NC(=O)[C@H](Cc3ccccc3)NC(=O)c3cnccn3)OC(=O)[C@@H]1O2. The van der Waals surface area contributed by atoms with Crippen LogP contribution >= 0.6 is 0 Å². The number of carbonyl (C=O) groups excluding carboxylic acids is 4. The summed E-state index contributed by atoms with van der Waals surface area (Å²) in [5.41, 5.74) is 0.850. The number of carbonyl (C=O) groups is 4. The Morgan fingerprint density at radius 3 is 2.51 bits per heavy atom. The monoisotopic (exact) mass is 511 g/mol. The molecule has 0 spiro atoms. The largest absolute Gasteiger partial charge is 0.640 e. The van der Waals surface area contributed by atoms with Crippen molar-refractivity contribution in [3.05, 3.63) is 60.2 Å². The van der Waals surface area contributed by atoms with Gasteiger partial charge in [-0.15, -0.1) is 0 Å². The van der Waals surface area contributed by atoms with Gasteiger partial charge in [0.1, 0.15) is 17.8 Å². The van der Waals surface area contributed by atoms with Crippen LogP contribution in [0.5, 0.6) is 0 Å². The molecule has 2 bridgehead atoms. The van der Waals surface area contributed by atoms with Gasteiger partial charge in [0.05, 0.1) is 13.3 Å². The molecular formula is C24H28BN4O8-. The van der Waals surface area contributed by atoms with Crippen molar-refractivity contribution >= 4 is 30.5 Å². The van der Waals surface area contributed by atoms with E-state index < -0.39 is 54.7 Å². The molecule has 2 saturated heterocycles. The van der Waals surface area contributed by atoms with Crippen LogP contribution in [-0.2, 0) is 39.5 Å². The summed E-state index contributed by atoms with van der Waals surface area (Å²) in [5.74, 6) is -3.59. The molecule has 2 amide bonds. The third-order valence-electron chi connectivity index (χ3n) is 6.14. The van der Waals surface area contributed by atoms with E-state index in [9.17, 15) is 19.2 Å². The van der Waals surface area contributed by atoms with Crippen LogP contribution < -0.4 is 10.6 Å². The third-order valence-corrected chi connectivity index (χ3v) is 6.14. The number of nitrogens with one attached hydrogen (secondary N) is 2. The summed E-state index contributed by atoms with van der Waals surface area (Å²) in [4.78, 5) is 58.9. The van der Waals surface area contributed by atoms with Crippen molar-refractivity contribution in [1.82, 2.24) is 20.6 Å². The van der Waals surface area contributed by atoms with Gasteiger partial charge in [-0.25, -0.2) is 9.78 Å². The Balaban J connectivity index is 1.58. The zero-order valence-electron chi connectivity index (χ0n) is 20.7. The maximum absolute atomic E-state index is 13.6. The number of nitrogens with zero attached hydrogens (tertiary/aromatic N) is 2. The van der Waals surface area contributed by atoms with Crippen LogP contribution in [0, 0.1) is 5.92 Å². The van der Waals surface area contributed by atoms with Crippen LogP contribution in [-0.4, -0.2) is 71.8 Å². The van der Waals surface area contributed by atoms with Gasteiger partial charge in [-0.05, 0) is 11.5 Å². The minimum absolute atomic E-state index is 0.0189. The minimum atomic E-state index is -2.84. The van der Waals surface area contributed by atoms with Gasteiger partial charge < -0.3 is 29.3 Å². The normalized spacial score (nSPS) is 23.7. The molecule has 3 heterocycles. The number of fused-ring (bicyclic) bond motifs is 2. The fraction of sp³-hybridized carbons (Fsp3) is 0.417. The summed E-state index contributed by atoms with van der Waals surface area (Å²) in [7, 11) is 1.17. The second-order valence-electron chi connectivity index (χ2n) is 9.32. The van der Waals surface area contributed by atoms with Crippen LogP contribution in [0.2, 0.25) is 0 Å². The van der Waals surface area contributed by atoms with Crippen molar-refractivity contribution in [2.45, 2.75) is 50.9 Å². The Bertz CT molecular complexity index is 1150. The van der Waals surface area contributed by atoms with Crippen molar-refractivity contribution in [2.75, 3.05) is 7.11 Å². The van der Waals surface area contributed by atoms with Crippen LogP contribution in [0.25, 0.3) is 0 Å². The van der Waals surface area contributed by atoms with Gasteiger partial charge in [0.2, 0.25) is 5.91 Å². The smallest absolute Gasteiger partial charge is 0.460 e. The number of hydrogen-bond donors (Lipinski definition) is 2. The zero-order chi connectivity index (χ0) is 26.6. The first-order chi connectivity index (χ1) is 17.7. The maximum Gasteiger partial charge on any atom is 0.460 e. The first-order valence-corrected chi connectivity index (χ1v) is 11.9. The Kier molecular flexibility index (Phi) is 7.84. The molecule has 13 heteroatoms. The molecular weight excluding hydrogens is 483 g/mol. The third kappa shape index (κ3) is 5.78. The number of hydrogen-bond acceptors (Lipinski definition) is 10. The quantitative estimate of drug-likeness (QED) is 0.337. The summed E-state index contributed by atoms with van der Waals surface area (Å²) in [6.45, 7) is 0.977. The lowest BCUT2D eigenvalue weighted by Gasteiger charge is -2.41. The summed E-state index contributed by atoms with van der Waals surface area (Å²) >= 11 is 0. The molecule has 1 aromatic carbocycles. The van der Waals surface area contributed by atoms with Crippen molar-refractivity contribution in [1.29, 1.82) is 0 Å². The zero-order valence-corrected chi connectivity index (χ0v) is 20.7. The van der Waals surface area contributed by atoms with Gasteiger partial charge in [0.15, 0.2) is 6.10 Å². The molecule has 2 aromatic rings. The van der Waals surface area contributed by atoms with Crippen molar-refractivity contribution in [3.63, 3.8) is 0 Å². The van der Waals surface area contributed by atoms with Gasteiger partial charge in [-0.3, -0.25) is 19.4 Å². The molecule has 2 N–H and O–H groups in total. The number of rotatable bonds is 10. The van der Waals surface area contributed by atoms with E-state index in [1.807, 2.05) is 44.2 Å². The van der Waals surface area contributed by atoms with Crippen LogP contribution in [0.4, 0.5) is 0 Å². The Morgan fingerprint density at radius 2 is 1.86 bits per heavy atom. The molecule has 0 aliphatic carbocycles. The fourth-order valence-electron chi connectivity index (χ4n) is 4.44. The van der Waals surface area contributed by atoms with Gasteiger partial charge in [-0.1, -0.05) is 50.6 Å². The fourth-order valence-corrected chi connectivity index (χ4v) is 4.44. The highest BCUT2D eigenvalue weighted by Gasteiger charge is 2.62. The van der Waals surface area contributed by atoms with E-state index in [4.69, 9.17) is 18.7 Å². The van der Waals surface area contributed by atoms with E-state index in [0.29, 0.717) is 6.42 Å². The van der Waals surface area contributed by atoms with Crippen LogP contribution in [0.3, 0.4) is 0 Å². The molecule has 12 nitrogen and oxygen atoms in total. The number of aromatic nitrogens is 2. The average molecular weight is 511 g/mol. The van der Waals surface area contributed by atoms with E-state index >= 15 is 0 Å². The van der Waals surface area contributed by atoms with E-state index in [1.165, 1.54) is 25.7 Å². The minimum Gasteiger partial charge on any atom is -0.640 e. The number of benzene rings is 1. The highest BCUT2D eigenvalue weighted by molar-refractivity contribution is 6.67. The van der Waals surface area contributed by atoms with E-state index in [-0.39, 0.29) is 18.0 Å². The van der Waals surface area contributed by atoms with Gasteiger partial charge >= 0.3 is 12.7 Å². The van der Waals surface area contributed by atoms with Gasteiger partial charge in [0.25, 0.3) is 11.9 Å². The molecule has 5 atom stereocenters. The molecule has 196 valence electrons. The van der Waals surface area contributed by atoms with Crippen molar-refractivity contribution < 1.29 is 37.9 Å². The Morgan fingerprint density at radius 1 is 1.11 bits per heavy atom. The number of amides is 2. The molecule has 0 saturated carbocycles. The number of esters is 1. The summed E-state index contributed by atoms with van der Waals surface area (Å²) in [5, 5.41) is 5.55. The lowest BCUT2D eigenvalue weighted by molar-refractivity contribution is -0.159. The first kappa shape index (κ1) is 26.2. The predicted octanol–water partition coefficient (Wildman–Crippen LogP) is 0.341. The summed E-state index contributed by atoms with van der Waals surface area (Å²) in [6, 6.07) is 8.12. The molecule has 2 fully saturated rings. The Labute approximate surface area is 213 Å². The molecule has 1 aromatic heterocycles. The highest BCUT2D eigenvalue weighted by Crippen LogP contribution is 2.38. The topological polar surface area (TPSA) is 155 Å². The Hall–Kier alpha value is -3.84. The summed E-state index contributed by atoms with van der Waals surface area (Å²) in [6.07, 6.45) is 1.99. The second-order valence-corrected chi connectivity index (χ2v) is 9.32. The molecule has 2 aliphatic rings. The van der Waals surface area contributed by atoms with Crippen molar-refractivity contribution in [2.24, 2.45) is 5.92 Å². The standard InChI is InChI=1S/C24H28BN4O8/c1-14(2)11-18(25-35-19(23(32)34-3)20(36-25)24(33)37-25)29-21(30)16(12-15-7-5-4-6-8-15)28-22(31)17-13-26-9-10-27-17/h4-10,13-14,16,18-20H,11-12H2,1-3H3,(H,28,31)(H,29,30)/q-1/t16-,18?,19+,20+,25?/m0/s1. The van der Waals surface area contributed by atoms with E-state index in [2.05, 4.69) is 20.6 Å². The van der Waals surface area contributed by atoms with Crippen LogP contribution in [0.1, 0.15) is 36.3 Å². The highest BCUT2D eigenvalue weighted by atomic mass is 16.8. The number of ether oxygens (including phenoxy) is 1.